The summed E-state index contributed by atoms with van der Waals surface area (Å²) >= 11 is 1.12. The van der Waals surface area contributed by atoms with Crippen LogP contribution in [0.25, 0.3) is 0 Å². The van der Waals surface area contributed by atoms with Crippen molar-refractivity contribution in [2.75, 3.05) is 0 Å². The maximum Gasteiger partial charge on any atom is 0.435 e. The van der Waals surface area contributed by atoms with Crippen LogP contribution in [0, 0.1) is 0 Å². The van der Waals surface area contributed by atoms with Crippen LogP contribution in [0.1, 0.15) is 5.69 Å². The van der Waals surface area contributed by atoms with Crippen LogP contribution in [0.15, 0.2) is 46.3 Å². The summed E-state index contributed by atoms with van der Waals surface area (Å²) in [5.74, 6) is 0.0832. The Morgan fingerprint density at radius 2 is 1.83 bits per heavy atom. The third kappa shape index (κ3) is 3.13. The smallest absolute Gasteiger partial charge is 0.435 e. The number of hydrogen-bond acceptors (Lipinski definition) is 4. The van der Waals surface area contributed by atoms with E-state index in [1.165, 1.54) is 18.2 Å². The summed E-state index contributed by atoms with van der Waals surface area (Å²) in [7, 11) is 0. The normalized spacial score (nSPS) is 11.5. The molecule has 0 fully saturated rings. The molecule has 0 aliphatic rings. The molecule has 0 saturated carbocycles. The van der Waals surface area contributed by atoms with Gasteiger partial charge in [0.15, 0.2) is 5.69 Å². The second kappa shape index (κ2) is 4.85. The van der Waals surface area contributed by atoms with E-state index < -0.39 is 11.9 Å². The van der Waals surface area contributed by atoms with E-state index in [1.807, 2.05) is 0 Å². The Kier molecular flexibility index (Phi) is 3.42. The van der Waals surface area contributed by atoms with Crippen molar-refractivity contribution in [3.8, 4) is 5.75 Å². The molecule has 0 aliphatic heterocycles. The minimum Gasteiger partial charge on any atom is -0.508 e. The molecule has 0 atom stereocenters. The summed E-state index contributed by atoms with van der Waals surface area (Å²) in [5, 5.41) is 16.2. The maximum atomic E-state index is 12.3. The Balaban J connectivity index is 2.16. The van der Waals surface area contributed by atoms with E-state index in [9.17, 15) is 18.3 Å². The molecule has 0 bridgehead atoms. The largest absolute Gasteiger partial charge is 0.508 e. The minimum atomic E-state index is -4.48. The van der Waals surface area contributed by atoms with Gasteiger partial charge in [-0.3, -0.25) is 0 Å². The second-order valence-electron chi connectivity index (χ2n) is 3.35. The molecule has 1 N–H and O–H groups in total. The van der Waals surface area contributed by atoms with Gasteiger partial charge in [0.1, 0.15) is 10.8 Å². The first-order valence-electron chi connectivity index (χ1n) is 4.83. The molecule has 2 aromatic rings. The number of alkyl halides is 3. The maximum absolute atomic E-state index is 12.3. The molecule has 94 valence electrons. The van der Waals surface area contributed by atoms with Crippen molar-refractivity contribution in [2.45, 2.75) is 16.1 Å². The first-order chi connectivity index (χ1) is 8.45. The summed E-state index contributed by atoms with van der Waals surface area (Å²) in [6, 6.07) is 8.45. The van der Waals surface area contributed by atoms with E-state index >= 15 is 0 Å². The number of halogens is 3. The number of aromatic hydroxyl groups is 1. The molecular formula is C11H7F3N2OS. The molecule has 0 amide bonds. The average molecular weight is 272 g/mol. The lowest BCUT2D eigenvalue weighted by molar-refractivity contribution is -0.141. The van der Waals surface area contributed by atoms with Crippen molar-refractivity contribution in [3.05, 3.63) is 42.1 Å². The van der Waals surface area contributed by atoms with Gasteiger partial charge in [-0.15, -0.1) is 10.2 Å². The monoisotopic (exact) mass is 272 g/mol. The number of benzene rings is 1. The van der Waals surface area contributed by atoms with Crippen LogP contribution in [-0.2, 0) is 6.18 Å². The molecule has 18 heavy (non-hydrogen) atoms. The molecule has 1 heterocycles. The summed E-state index contributed by atoms with van der Waals surface area (Å²) in [5.41, 5.74) is -1.03. The molecule has 3 nitrogen and oxygen atoms in total. The zero-order chi connectivity index (χ0) is 13.2. The van der Waals surface area contributed by atoms with Crippen LogP contribution in [0.5, 0.6) is 5.75 Å². The highest BCUT2D eigenvalue weighted by molar-refractivity contribution is 7.99. The Bertz CT molecular complexity index is 543. The van der Waals surface area contributed by atoms with Gasteiger partial charge in [0.05, 0.1) is 0 Å². The average Bonchev–Trinajstić information content (AvgIpc) is 2.28. The lowest BCUT2D eigenvalue weighted by atomic mass is 10.3. The molecule has 7 heteroatoms. The van der Waals surface area contributed by atoms with E-state index in [2.05, 4.69) is 10.2 Å². The molecule has 0 spiro atoms. The highest BCUT2D eigenvalue weighted by Crippen LogP contribution is 2.30. The fraction of sp³-hybridized carbons (Fsp3) is 0.0909. The Morgan fingerprint density at radius 3 is 2.39 bits per heavy atom. The summed E-state index contributed by atoms with van der Waals surface area (Å²) in [6.45, 7) is 0. The van der Waals surface area contributed by atoms with E-state index in [-0.39, 0.29) is 5.75 Å². The molecule has 0 aliphatic carbocycles. The van der Waals surface area contributed by atoms with Gasteiger partial charge in [-0.25, -0.2) is 0 Å². The SMILES string of the molecule is Oc1cccc(Sc2ccc(C(F)(F)F)nn2)c1. The predicted octanol–water partition coefficient (Wildman–Crippen LogP) is 3.35. The van der Waals surface area contributed by atoms with Crippen molar-refractivity contribution in [2.24, 2.45) is 0 Å². The first kappa shape index (κ1) is 12.7. The number of aromatic nitrogens is 2. The van der Waals surface area contributed by atoms with Gasteiger partial charge < -0.3 is 5.11 Å². The van der Waals surface area contributed by atoms with Crippen LogP contribution < -0.4 is 0 Å². The zero-order valence-corrected chi connectivity index (χ0v) is 9.66. The number of rotatable bonds is 2. The molecule has 1 aromatic carbocycles. The van der Waals surface area contributed by atoms with Gasteiger partial charge in [-0.05, 0) is 30.3 Å². The van der Waals surface area contributed by atoms with Crippen molar-refractivity contribution >= 4 is 11.8 Å². The van der Waals surface area contributed by atoms with Gasteiger partial charge in [-0.2, -0.15) is 13.2 Å². The van der Waals surface area contributed by atoms with E-state index in [4.69, 9.17) is 0 Å². The van der Waals surface area contributed by atoms with Gasteiger partial charge in [0.2, 0.25) is 0 Å². The Morgan fingerprint density at radius 1 is 1.06 bits per heavy atom. The molecule has 2 rings (SSSR count). The second-order valence-corrected chi connectivity index (χ2v) is 4.45. The molecule has 0 saturated heterocycles. The predicted molar refractivity (Wildman–Crippen MR) is 59.3 cm³/mol. The van der Waals surface area contributed by atoms with Gasteiger partial charge in [0, 0.05) is 4.90 Å². The van der Waals surface area contributed by atoms with Crippen molar-refractivity contribution in [1.29, 1.82) is 0 Å². The standard InChI is InChI=1S/C11H7F3N2OS/c12-11(13,14)9-4-5-10(16-15-9)18-8-3-1-2-7(17)6-8/h1-6,17H. The van der Waals surface area contributed by atoms with E-state index in [0.29, 0.717) is 9.92 Å². The van der Waals surface area contributed by atoms with Crippen LogP contribution in [0.2, 0.25) is 0 Å². The molecule has 0 radical (unpaired) electrons. The van der Waals surface area contributed by atoms with Crippen molar-refractivity contribution in [1.82, 2.24) is 10.2 Å². The Hall–Kier alpha value is -1.76. The highest BCUT2D eigenvalue weighted by atomic mass is 32.2. The number of phenols is 1. The van der Waals surface area contributed by atoms with Crippen LogP contribution in [0.4, 0.5) is 13.2 Å². The summed E-state index contributed by atoms with van der Waals surface area (Å²) in [6.07, 6.45) is -4.48. The highest BCUT2D eigenvalue weighted by Gasteiger charge is 2.32. The lowest BCUT2D eigenvalue weighted by Gasteiger charge is -2.05. The first-order valence-corrected chi connectivity index (χ1v) is 5.64. The van der Waals surface area contributed by atoms with Gasteiger partial charge in [0.25, 0.3) is 0 Å². The van der Waals surface area contributed by atoms with Crippen molar-refractivity contribution < 1.29 is 18.3 Å². The van der Waals surface area contributed by atoms with Crippen LogP contribution >= 0.6 is 11.8 Å². The van der Waals surface area contributed by atoms with Gasteiger partial charge in [-0.1, -0.05) is 17.8 Å². The molecular weight excluding hydrogens is 265 g/mol. The van der Waals surface area contributed by atoms with Crippen molar-refractivity contribution in [3.63, 3.8) is 0 Å². The summed E-state index contributed by atoms with van der Waals surface area (Å²) < 4.78 is 36.8. The molecule has 1 aromatic heterocycles. The van der Waals surface area contributed by atoms with E-state index in [1.54, 1.807) is 12.1 Å². The number of nitrogens with zero attached hydrogens (tertiary/aromatic N) is 2. The fourth-order valence-electron chi connectivity index (χ4n) is 1.19. The number of hydrogen-bond donors (Lipinski definition) is 1. The number of phenolic OH excluding ortho intramolecular Hbond substituents is 1. The topological polar surface area (TPSA) is 46.0 Å². The fourth-order valence-corrected chi connectivity index (χ4v) is 1.98. The van der Waals surface area contributed by atoms with E-state index in [0.717, 1.165) is 17.8 Å². The third-order valence-electron chi connectivity index (χ3n) is 1.97. The summed E-state index contributed by atoms with van der Waals surface area (Å²) in [4.78, 5) is 0.670. The Labute approximate surface area is 105 Å². The van der Waals surface area contributed by atoms with Crippen LogP contribution in [-0.4, -0.2) is 15.3 Å². The quantitative estimate of drug-likeness (QED) is 0.910. The molecule has 0 unspecified atom stereocenters. The lowest BCUT2D eigenvalue weighted by Crippen LogP contribution is -2.08. The van der Waals surface area contributed by atoms with Crippen LogP contribution in [0.3, 0.4) is 0 Å². The van der Waals surface area contributed by atoms with Gasteiger partial charge >= 0.3 is 6.18 Å². The third-order valence-corrected chi connectivity index (χ3v) is 2.89. The zero-order valence-electron chi connectivity index (χ0n) is 8.85. The minimum absolute atomic E-state index is 0.0832.